The average molecular weight is 393 g/mol. The van der Waals surface area contributed by atoms with Gasteiger partial charge in [-0.3, -0.25) is 4.79 Å². The van der Waals surface area contributed by atoms with E-state index in [0.717, 1.165) is 11.1 Å². The smallest absolute Gasteiger partial charge is 0.255 e. The van der Waals surface area contributed by atoms with Crippen LogP contribution in [0.2, 0.25) is 5.02 Å². The minimum Gasteiger partial charge on any atom is -0.497 e. The van der Waals surface area contributed by atoms with Gasteiger partial charge in [0.15, 0.2) is 5.58 Å². The van der Waals surface area contributed by atoms with Crippen molar-refractivity contribution >= 4 is 34.3 Å². The molecule has 0 saturated heterocycles. The maximum atomic E-state index is 12.5. The Kier molecular flexibility index (Phi) is 4.75. The fourth-order valence-corrected chi connectivity index (χ4v) is 3.06. The van der Waals surface area contributed by atoms with Crippen molar-refractivity contribution in [2.75, 3.05) is 12.4 Å². The molecule has 1 heterocycles. The van der Waals surface area contributed by atoms with Gasteiger partial charge < -0.3 is 14.5 Å². The van der Waals surface area contributed by atoms with E-state index in [4.69, 9.17) is 20.8 Å². The van der Waals surface area contributed by atoms with E-state index in [1.54, 1.807) is 49.6 Å². The fourth-order valence-electron chi connectivity index (χ4n) is 2.87. The first-order chi connectivity index (χ1) is 13.5. The zero-order valence-electron chi connectivity index (χ0n) is 15.3. The van der Waals surface area contributed by atoms with E-state index < -0.39 is 0 Å². The van der Waals surface area contributed by atoms with Crippen molar-refractivity contribution in [2.45, 2.75) is 6.92 Å². The number of aryl methyl sites for hydroxylation is 1. The van der Waals surface area contributed by atoms with E-state index in [9.17, 15) is 4.79 Å². The van der Waals surface area contributed by atoms with Gasteiger partial charge in [0.25, 0.3) is 5.91 Å². The van der Waals surface area contributed by atoms with Gasteiger partial charge in [-0.1, -0.05) is 17.7 Å². The van der Waals surface area contributed by atoms with Crippen LogP contribution in [0.25, 0.3) is 22.6 Å². The number of oxazole rings is 1. The lowest BCUT2D eigenvalue weighted by Gasteiger charge is -2.08. The molecule has 28 heavy (non-hydrogen) atoms. The molecule has 1 N–H and O–H groups in total. The second-order valence-corrected chi connectivity index (χ2v) is 6.77. The Bertz CT molecular complexity index is 1170. The van der Waals surface area contributed by atoms with Crippen LogP contribution in [0.4, 0.5) is 5.69 Å². The van der Waals surface area contributed by atoms with Crippen LogP contribution in [0.15, 0.2) is 65.1 Å². The zero-order valence-corrected chi connectivity index (χ0v) is 16.1. The molecule has 0 saturated carbocycles. The Morgan fingerprint density at radius 3 is 2.61 bits per heavy atom. The van der Waals surface area contributed by atoms with E-state index in [2.05, 4.69) is 10.3 Å². The summed E-state index contributed by atoms with van der Waals surface area (Å²) in [6, 6.07) is 17.9. The largest absolute Gasteiger partial charge is 0.497 e. The van der Waals surface area contributed by atoms with Crippen LogP contribution in [-0.2, 0) is 0 Å². The molecule has 6 heteroatoms. The summed E-state index contributed by atoms with van der Waals surface area (Å²) in [6.45, 7) is 2.00. The van der Waals surface area contributed by atoms with E-state index in [0.29, 0.717) is 39.1 Å². The van der Waals surface area contributed by atoms with Gasteiger partial charge in [0.05, 0.1) is 17.7 Å². The number of carbonyl (C=O) groups excluding carboxylic acids is 1. The summed E-state index contributed by atoms with van der Waals surface area (Å²) < 4.78 is 11.0. The van der Waals surface area contributed by atoms with Crippen molar-refractivity contribution in [1.82, 2.24) is 4.98 Å². The highest BCUT2D eigenvalue weighted by atomic mass is 35.5. The third kappa shape index (κ3) is 3.57. The number of amides is 1. The lowest BCUT2D eigenvalue weighted by molar-refractivity contribution is 0.102. The number of hydrogen-bond donors (Lipinski definition) is 1. The molecule has 0 aliphatic heterocycles. The van der Waals surface area contributed by atoms with E-state index in [1.807, 2.05) is 25.1 Å². The predicted octanol–water partition coefficient (Wildman–Crippen LogP) is 5.72. The summed E-state index contributed by atoms with van der Waals surface area (Å²) in [6.07, 6.45) is 0. The SMILES string of the molecule is COc1ccc(C(=O)Nc2ccc(Cl)c(-c3nc4cc(C)ccc4o3)c2)cc1. The van der Waals surface area contributed by atoms with Gasteiger partial charge in [-0.2, -0.15) is 0 Å². The van der Waals surface area contributed by atoms with Gasteiger partial charge in [-0.15, -0.1) is 0 Å². The highest BCUT2D eigenvalue weighted by Gasteiger charge is 2.14. The molecule has 0 aliphatic carbocycles. The first-order valence-corrected chi connectivity index (χ1v) is 9.04. The third-order valence-corrected chi connectivity index (χ3v) is 4.68. The zero-order chi connectivity index (χ0) is 19.7. The molecule has 0 bridgehead atoms. The molecule has 4 aromatic rings. The van der Waals surface area contributed by atoms with Crippen LogP contribution in [0, 0.1) is 6.92 Å². The number of rotatable bonds is 4. The molecule has 0 unspecified atom stereocenters. The second kappa shape index (κ2) is 7.37. The normalized spacial score (nSPS) is 10.8. The van der Waals surface area contributed by atoms with Crippen LogP contribution in [0.3, 0.4) is 0 Å². The highest BCUT2D eigenvalue weighted by molar-refractivity contribution is 6.33. The maximum Gasteiger partial charge on any atom is 0.255 e. The summed E-state index contributed by atoms with van der Waals surface area (Å²) >= 11 is 6.35. The third-order valence-electron chi connectivity index (χ3n) is 4.35. The van der Waals surface area contributed by atoms with Crippen molar-refractivity contribution in [3.8, 4) is 17.2 Å². The van der Waals surface area contributed by atoms with Crippen LogP contribution >= 0.6 is 11.6 Å². The molecule has 5 nitrogen and oxygen atoms in total. The number of nitrogens with zero attached hydrogens (tertiary/aromatic N) is 1. The highest BCUT2D eigenvalue weighted by Crippen LogP contribution is 2.32. The summed E-state index contributed by atoms with van der Waals surface area (Å²) in [5, 5.41) is 3.36. The number of ether oxygens (including phenoxy) is 1. The predicted molar refractivity (Wildman–Crippen MR) is 110 cm³/mol. The van der Waals surface area contributed by atoms with Gasteiger partial charge >= 0.3 is 0 Å². The minimum absolute atomic E-state index is 0.232. The first kappa shape index (κ1) is 18.1. The van der Waals surface area contributed by atoms with Gasteiger partial charge in [0, 0.05) is 11.3 Å². The number of carbonyl (C=O) groups is 1. The molecule has 0 atom stereocenters. The molecule has 140 valence electrons. The summed E-state index contributed by atoms with van der Waals surface area (Å²) in [5.74, 6) is 0.867. The first-order valence-electron chi connectivity index (χ1n) is 8.66. The van der Waals surface area contributed by atoms with Crippen molar-refractivity contribution in [2.24, 2.45) is 0 Å². The number of benzene rings is 3. The number of aromatic nitrogens is 1. The van der Waals surface area contributed by atoms with Gasteiger partial charge in [-0.05, 0) is 67.1 Å². The Hall–Kier alpha value is -3.31. The average Bonchev–Trinajstić information content (AvgIpc) is 3.12. The van der Waals surface area contributed by atoms with Gasteiger partial charge in [0.1, 0.15) is 11.3 Å². The number of methoxy groups -OCH3 is 1. The molecular weight excluding hydrogens is 376 g/mol. The number of nitrogens with one attached hydrogen (secondary N) is 1. The second-order valence-electron chi connectivity index (χ2n) is 6.37. The molecule has 0 radical (unpaired) electrons. The Labute approximate surface area is 166 Å². The monoisotopic (exact) mass is 392 g/mol. The van der Waals surface area contributed by atoms with Crippen molar-refractivity contribution < 1.29 is 13.9 Å². The number of anilines is 1. The molecule has 1 aromatic heterocycles. The van der Waals surface area contributed by atoms with Crippen molar-refractivity contribution in [1.29, 1.82) is 0 Å². The summed E-state index contributed by atoms with van der Waals surface area (Å²) in [4.78, 5) is 17.0. The fraction of sp³-hybridized carbons (Fsp3) is 0.0909. The molecule has 4 rings (SSSR count). The van der Waals surface area contributed by atoms with Gasteiger partial charge in [-0.25, -0.2) is 4.98 Å². The molecule has 0 aliphatic rings. The lowest BCUT2D eigenvalue weighted by Crippen LogP contribution is -2.11. The Balaban J connectivity index is 1.63. The molecule has 0 fully saturated rings. The maximum absolute atomic E-state index is 12.5. The standard InChI is InChI=1S/C22H17ClN2O3/c1-13-3-10-20-19(11-13)25-22(28-20)17-12-15(6-9-18(17)23)24-21(26)14-4-7-16(27-2)8-5-14/h3-12H,1-2H3,(H,24,26). The van der Waals surface area contributed by atoms with Crippen LogP contribution in [-0.4, -0.2) is 18.0 Å². The van der Waals surface area contributed by atoms with E-state index in [1.165, 1.54) is 0 Å². The van der Waals surface area contributed by atoms with Gasteiger partial charge in [0.2, 0.25) is 5.89 Å². The Morgan fingerprint density at radius 2 is 1.86 bits per heavy atom. The molecule has 1 amide bonds. The number of hydrogen-bond acceptors (Lipinski definition) is 4. The lowest BCUT2D eigenvalue weighted by atomic mass is 10.1. The van der Waals surface area contributed by atoms with Crippen LogP contribution in [0.1, 0.15) is 15.9 Å². The van der Waals surface area contributed by atoms with Crippen molar-refractivity contribution in [3.05, 3.63) is 76.8 Å². The minimum atomic E-state index is -0.232. The van der Waals surface area contributed by atoms with E-state index >= 15 is 0 Å². The molecule has 0 spiro atoms. The van der Waals surface area contributed by atoms with Crippen molar-refractivity contribution in [3.63, 3.8) is 0 Å². The molecular formula is C22H17ClN2O3. The Morgan fingerprint density at radius 1 is 1.07 bits per heavy atom. The van der Waals surface area contributed by atoms with E-state index in [-0.39, 0.29) is 5.91 Å². The number of halogens is 1. The van der Waals surface area contributed by atoms with Crippen LogP contribution in [0.5, 0.6) is 5.75 Å². The summed E-state index contributed by atoms with van der Waals surface area (Å²) in [5.41, 5.74) is 4.28. The topological polar surface area (TPSA) is 64.4 Å². The van der Waals surface area contributed by atoms with Crippen LogP contribution < -0.4 is 10.1 Å². The quantitative estimate of drug-likeness (QED) is 0.482. The molecule has 3 aromatic carbocycles. The summed E-state index contributed by atoms with van der Waals surface area (Å²) in [7, 11) is 1.58. The number of fused-ring (bicyclic) bond motifs is 1.